The van der Waals surface area contributed by atoms with Gasteiger partial charge in [-0.05, 0) is 26.7 Å². The Morgan fingerprint density at radius 1 is 1.43 bits per heavy atom. The van der Waals surface area contributed by atoms with Crippen molar-refractivity contribution in [2.45, 2.75) is 56.8 Å². The summed E-state index contributed by atoms with van der Waals surface area (Å²) in [5.74, 6) is -1.13. The number of methoxy groups -OCH3 is 1. The molecular formula is C19H30N7O8P. The molecular weight excluding hydrogens is 485 g/mol. The Morgan fingerprint density at radius 3 is 2.74 bits per heavy atom. The van der Waals surface area contributed by atoms with Crippen molar-refractivity contribution in [3.8, 4) is 5.88 Å². The van der Waals surface area contributed by atoms with Crippen molar-refractivity contribution in [2.75, 3.05) is 32.5 Å². The van der Waals surface area contributed by atoms with Crippen molar-refractivity contribution in [3.63, 3.8) is 0 Å². The average Bonchev–Trinajstić information content (AvgIpc) is 3.52. The van der Waals surface area contributed by atoms with E-state index in [9.17, 15) is 24.7 Å². The quantitative estimate of drug-likeness (QED) is 0.272. The smallest absolute Gasteiger partial charge is 0.344 e. The molecule has 2 aliphatic heterocycles. The number of nitrogens with zero attached hydrogens (tertiary/aromatic N) is 5. The Bertz CT molecular complexity index is 1140. The lowest BCUT2D eigenvalue weighted by molar-refractivity contribution is -0.138. The second-order valence-corrected chi connectivity index (χ2v) is 10.9. The number of nitrogens with one attached hydrogen (secondary N) is 1. The molecule has 0 aliphatic carbocycles. The molecule has 16 heteroatoms. The molecule has 4 heterocycles. The van der Waals surface area contributed by atoms with Gasteiger partial charge >= 0.3 is 13.6 Å². The molecule has 6 atom stereocenters. The van der Waals surface area contributed by atoms with Crippen molar-refractivity contribution >= 4 is 30.8 Å². The highest BCUT2D eigenvalue weighted by Crippen LogP contribution is 2.50. The predicted molar refractivity (Wildman–Crippen MR) is 121 cm³/mol. The Labute approximate surface area is 200 Å². The number of hydrogen-bond acceptors (Lipinski definition) is 11. The first-order valence-electron chi connectivity index (χ1n) is 11.1. The van der Waals surface area contributed by atoms with Crippen molar-refractivity contribution in [1.82, 2.24) is 29.3 Å². The van der Waals surface area contributed by atoms with Crippen LogP contribution in [0.15, 0.2) is 6.33 Å². The molecule has 0 spiro atoms. The predicted octanol–water partition coefficient (Wildman–Crippen LogP) is -0.290. The van der Waals surface area contributed by atoms with E-state index in [0.29, 0.717) is 13.1 Å². The third-order valence-electron chi connectivity index (χ3n) is 6.20. The second-order valence-electron chi connectivity index (χ2n) is 8.78. The molecule has 2 aromatic rings. The Hall–Kier alpha value is -2.39. The van der Waals surface area contributed by atoms with E-state index in [-0.39, 0.29) is 29.6 Å². The Kier molecular flexibility index (Phi) is 7.03. The number of nitrogens with two attached hydrogens (primary N) is 1. The number of aliphatic hydroxyl groups is 2. The maximum absolute atomic E-state index is 13.6. The van der Waals surface area contributed by atoms with Crippen LogP contribution in [-0.2, 0) is 18.6 Å². The molecule has 0 bridgehead atoms. The number of carboxylic acids is 1. The van der Waals surface area contributed by atoms with Gasteiger partial charge in [0.25, 0.3) is 0 Å². The lowest BCUT2D eigenvalue weighted by Crippen LogP contribution is -2.45. The second kappa shape index (κ2) is 9.58. The van der Waals surface area contributed by atoms with Crippen LogP contribution in [0.2, 0.25) is 0 Å². The number of aliphatic hydroxyl groups excluding tert-OH is 1. The van der Waals surface area contributed by atoms with Crippen LogP contribution >= 0.6 is 7.67 Å². The van der Waals surface area contributed by atoms with E-state index in [0.717, 1.165) is 12.8 Å². The van der Waals surface area contributed by atoms with Gasteiger partial charge < -0.3 is 35.1 Å². The molecule has 2 saturated heterocycles. The number of rotatable bonds is 9. The zero-order valence-corrected chi connectivity index (χ0v) is 20.5. The maximum atomic E-state index is 13.6. The van der Waals surface area contributed by atoms with Gasteiger partial charge in [-0.25, -0.2) is 14.7 Å². The number of anilines is 1. The van der Waals surface area contributed by atoms with Crippen molar-refractivity contribution in [1.29, 1.82) is 0 Å². The van der Waals surface area contributed by atoms with Crippen molar-refractivity contribution in [3.05, 3.63) is 6.33 Å². The van der Waals surface area contributed by atoms with E-state index in [2.05, 4.69) is 20.0 Å². The third kappa shape index (κ3) is 4.72. The molecule has 0 radical (unpaired) electrons. The number of carboxylic acid groups (broad SMARTS) is 1. The number of hydrogen-bond donors (Lipinski definition) is 5. The van der Waals surface area contributed by atoms with Crippen LogP contribution < -0.4 is 15.6 Å². The van der Waals surface area contributed by atoms with E-state index >= 15 is 0 Å². The summed E-state index contributed by atoms with van der Waals surface area (Å²) in [4.78, 5) is 23.7. The SMILES string of the molecule is COc1nc(N)nc2c1ncn2[C@@H]1O[C@H](COP(=O)(NC(C)C(=O)O)N2CCCC2)[C@@H](O)[C@@]1(C)O. The molecule has 0 aromatic carbocycles. The third-order valence-corrected chi connectivity index (χ3v) is 8.56. The van der Waals surface area contributed by atoms with E-state index in [1.54, 1.807) is 4.67 Å². The van der Waals surface area contributed by atoms with Crippen molar-refractivity contribution < 1.29 is 38.7 Å². The van der Waals surface area contributed by atoms with Crippen LogP contribution in [0.5, 0.6) is 5.88 Å². The molecule has 194 valence electrons. The first-order chi connectivity index (χ1) is 16.5. The zero-order valence-electron chi connectivity index (χ0n) is 19.6. The van der Waals surface area contributed by atoms with E-state index in [1.807, 2.05) is 0 Å². The normalized spacial score (nSPS) is 29.9. The summed E-state index contributed by atoms with van der Waals surface area (Å²) >= 11 is 0. The fourth-order valence-electron chi connectivity index (χ4n) is 4.24. The first-order valence-corrected chi connectivity index (χ1v) is 12.7. The van der Waals surface area contributed by atoms with Crippen LogP contribution in [0.3, 0.4) is 0 Å². The number of aliphatic carboxylic acids is 1. The van der Waals surface area contributed by atoms with Gasteiger partial charge in [0.1, 0.15) is 23.9 Å². The summed E-state index contributed by atoms with van der Waals surface area (Å²) in [6.45, 7) is 3.29. The lowest BCUT2D eigenvalue weighted by Gasteiger charge is -2.30. The molecule has 15 nitrogen and oxygen atoms in total. The van der Waals surface area contributed by atoms with Gasteiger partial charge in [-0.2, -0.15) is 9.97 Å². The summed E-state index contributed by atoms with van der Waals surface area (Å²) in [5, 5.41) is 33.8. The van der Waals surface area contributed by atoms with Crippen LogP contribution in [-0.4, -0.2) is 96.1 Å². The fraction of sp³-hybridized carbons (Fsp3) is 0.684. The summed E-state index contributed by atoms with van der Waals surface area (Å²) in [7, 11) is -2.38. The largest absolute Gasteiger partial charge is 0.480 e. The monoisotopic (exact) mass is 515 g/mol. The molecule has 4 rings (SSSR count). The van der Waals surface area contributed by atoms with E-state index < -0.39 is 43.7 Å². The number of ether oxygens (including phenoxy) is 2. The van der Waals surface area contributed by atoms with E-state index in [4.69, 9.17) is 19.7 Å². The number of aromatic nitrogens is 4. The standard InChI is InChI=1S/C19H30N7O8P/c1-10(16(28)29)24-35(31,25-6-4-5-7-25)33-8-11-13(27)19(2,30)17(34-11)26-9-21-12-14(26)22-18(20)23-15(12)32-3/h9-11,13,17,27,30H,4-8H2,1-3H3,(H,24,31)(H,28,29)(H2,20,22,23)/t10?,11-,13-,17-,19-,35?/m1/s1. The Morgan fingerprint density at radius 2 is 2.11 bits per heavy atom. The van der Waals surface area contributed by atoms with Crippen LogP contribution in [0.25, 0.3) is 11.2 Å². The first kappa shape index (κ1) is 25.7. The van der Waals surface area contributed by atoms with Crippen molar-refractivity contribution in [2.24, 2.45) is 0 Å². The zero-order chi connectivity index (χ0) is 25.5. The molecule has 35 heavy (non-hydrogen) atoms. The Balaban J connectivity index is 1.57. The highest BCUT2D eigenvalue weighted by molar-refractivity contribution is 7.54. The van der Waals surface area contributed by atoms with Gasteiger partial charge in [0.05, 0.1) is 20.0 Å². The summed E-state index contributed by atoms with van der Waals surface area (Å²) in [5.41, 5.74) is 4.43. The average molecular weight is 515 g/mol. The van der Waals surface area contributed by atoms with Gasteiger partial charge in [-0.1, -0.05) is 0 Å². The number of nitrogen functional groups attached to an aromatic ring is 1. The highest BCUT2D eigenvalue weighted by Gasteiger charge is 2.54. The van der Waals surface area contributed by atoms with Gasteiger partial charge in [0.2, 0.25) is 11.8 Å². The van der Waals surface area contributed by atoms with Gasteiger partial charge in [-0.15, -0.1) is 0 Å². The maximum Gasteiger partial charge on any atom is 0.344 e. The molecule has 2 fully saturated rings. The minimum absolute atomic E-state index is 0.0839. The number of fused-ring (bicyclic) bond motifs is 1. The molecule has 6 N–H and O–H groups in total. The van der Waals surface area contributed by atoms with Crippen LogP contribution in [0.4, 0.5) is 5.95 Å². The number of carbonyl (C=O) groups is 1. The van der Waals surface area contributed by atoms with Gasteiger partial charge in [0, 0.05) is 13.1 Å². The van der Waals surface area contributed by atoms with Crippen LogP contribution in [0.1, 0.15) is 32.9 Å². The molecule has 0 saturated carbocycles. The molecule has 2 aliphatic rings. The molecule has 0 amide bonds. The number of imidazole rings is 1. The summed E-state index contributed by atoms with van der Waals surface area (Å²) in [6.07, 6.45) is -0.786. The molecule has 2 unspecified atom stereocenters. The minimum Gasteiger partial charge on any atom is -0.480 e. The van der Waals surface area contributed by atoms with Crippen LogP contribution in [0, 0.1) is 0 Å². The van der Waals surface area contributed by atoms with E-state index in [1.165, 1.54) is 31.9 Å². The molecule has 2 aromatic heterocycles. The highest BCUT2D eigenvalue weighted by atomic mass is 31.2. The lowest BCUT2D eigenvalue weighted by atomic mass is 9.96. The fourth-order valence-corrected chi connectivity index (χ4v) is 6.40. The van der Waals surface area contributed by atoms with Gasteiger partial charge in [-0.3, -0.25) is 13.9 Å². The summed E-state index contributed by atoms with van der Waals surface area (Å²) in [6, 6.07) is -1.14. The van der Waals surface area contributed by atoms with Gasteiger partial charge in [0.15, 0.2) is 17.4 Å². The minimum atomic E-state index is -3.78. The summed E-state index contributed by atoms with van der Waals surface area (Å²) < 4.78 is 33.4. The topological polar surface area (TPSA) is 207 Å².